The number of hydrogen-bond acceptors (Lipinski definition) is 4. The van der Waals surface area contributed by atoms with Gasteiger partial charge in [-0.1, -0.05) is 12.1 Å². The molecule has 24 heavy (non-hydrogen) atoms. The van der Waals surface area contributed by atoms with Crippen LogP contribution in [0.25, 0.3) is 0 Å². The lowest BCUT2D eigenvalue weighted by molar-refractivity contribution is -0.134. The Kier molecular flexibility index (Phi) is 4.26. The second-order valence-electron chi connectivity index (χ2n) is 6.80. The van der Waals surface area contributed by atoms with Gasteiger partial charge in [0.1, 0.15) is 11.8 Å². The van der Waals surface area contributed by atoms with Gasteiger partial charge in [-0.25, -0.2) is 4.79 Å². The highest BCUT2D eigenvalue weighted by Crippen LogP contribution is 2.34. The Labute approximate surface area is 141 Å². The molecule has 2 saturated heterocycles. The van der Waals surface area contributed by atoms with Crippen molar-refractivity contribution in [3.63, 3.8) is 0 Å². The van der Waals surface area contributed by atoms with Gasteiger partial charge in [0, 0.05) is 26.2 Å². The Bertz CT molecular complexity index is 646. The van der Waals surface area contributed by atoms with Crippen LogP contribution in [0.1, 0.15) is 13.8 Å². The molecule has 0 radical (unpaired) electrons. The molecule has 130 valence electrons. The fraction of sp³-hybridized carbons (Fsp3) is 0.529. The number of benzene rings is 1. The van der Waals surface area contributed by atoms with E-state index >= 15 is 0 Å². The molecule has 2 fully saturated rings. The molecule has 1 unspecified atom stereocenters. The number of carbonyl (C=O) groups excluding carboxylic acids is 2. The molecule has 2 heterocycles. The lowest BCUT2D eigenvalue weighted by Crippen LogP contribution is -2.62. The Morgan fingerprint density at radius 2 is 2.04 bits per heavy atom. The van der Waals surface area contributed by atoms with Crippen molar-refractivity contribution in [1.29, 1.82) is 0 Å². The standard InChI is InChI=1S/C17H24N4O3/c1-17(2)11-20(15(22)12-10-18-16(23)19-12)8-9-21(17)13-6-4-5-7-14(13)24-3/h4-7,12H,8-11H2,1-3H3,(H2,18,19,23). The fourth-order valence-electron chi connectivity index (χ4n) is 3.47. The first-order valence-corrected chi connectivity index (χ1v) is 8.16. The van der Waals surface area contributed by atoms with Crippen LogP contribution in [0.2, 0.25) is 0 Å². The second kappa shape index (κ2) is 6.22. The van der Waals surface area contributed by atoms with Crippen molar-refractivity contribution in [1.82, 2.24) is 15.5 Å². The molecule has 3 rings (SSSR count). The highest BCUT2D eigenvalue weighted by molar-refractivity contribution is 5.90. The number of nitrogens with zero attached hydrogens (tertiary/aromatic N) is 2. The number of piperazine rings is 1. The first kappa shape index (κ1) is 16.4. The SMILES string of the molecule is COc1ccccc1N1CCN(C(=O)C2CNC(=O)N2)CC1(C)C. The summed E-state index contributed by atoms with van der Waals surface area (Å²) in [5, 5.41) is 5.30. The summed E-state index contributed by atoms with van der Waals surface area (Å²) in [6, 6.07) is 7.18. The summed E-state index contributed by atoms with van der Waals surface area (Å²) in [6.45, 7) is 6.51. The minimum atomic E-state index is -0.467. The molecule has 1 aromatic carbocycles. The van der Waals surface area contributed by atoms with Crippen LogP contribution in [0.15, 0.2) is 24.3 Å². The molecule has 1 aromatic rings. The summed E-state index contributed by atoms with van der Waals surface area (Å²) < 4.78 is 5.48. The van der Waals surface area contributed by atoms with Gasteiger partial charge in [0.15, 0.2) is 0 Å². The topological polar surface area (TPSA) is 73.9 Å². The minimum absolute atomic E-state index is 0.0268. The van der Waals surface area contributed by atoms with E-state index in [1.54, 1.807) is 7.11 Å². The van der Waals surface area contributed by atoms with Crippen molar-refractivity contribution in [2.75, 3.05) is 38.2 Å². The molecule has 0 spiro atoms. The van der Waals surface area contributed by atoms with Crippen molar-refractivity contribution in [3.8, 4) is 5.75 Å². The molecular formula is C17H24N4O3. The van der Waals surface area contributed by atoms with E-state index in [0.29, 0.717) is 26.2 Å². The Balaban J connectivity index is 1.75. The largest absolute Gasteiger partial charge is 0.495 e. The number of hydrogen-bond donors (Lipinski definition) is 2. The summed E-state index contributed by atoms with van der Waals surface area (Å²) in [7, 11) is 1.67. The summed E-state index contributed by atoms with van der Waals surface area (Å²) >= 11 is 0. The van der Waals surface area contributed by atoms with Crippen LogP contribution < -0.4 is 20.3 Å². The molecule has 2 N–H and O–H groups in total. The van der Waals surface area contributed by atoms with Gasteiger partial charge in [0.25, 0.3) is 0 Å². The summed E-state index contributed by atoms with van der Waals surface area (Å²) in [5.41, 5.74) is 0.798. The quantitative estimate of drug-likeness (QED) is 0.859. The van der Waals surface area contributed by atoms with Crippen molar-refractivity contribution in [2.24, 2.45) is 0 Å². The van der Waals surface area contributed by atoms with Crippen LogP contribution in [0.3, 0.4) is 0 Å². The van der Waals surface area contributed by atoms with Crippen LogP contribution >= 0.6 is 0 Å². The smallest absolute Gasteiger partial charge is 0.315 e. The third-order valence-corrected chi connectivity index (χ3v) is 4.66. The summed E-state index contributed by atoms with van der Waals surface area (Å²) in [6.07, 6.45) is 0. The van der Waals surface area contributed by atoms with Crippen molar-refractivity contribution >= 4 is 17.6 Å². The van der Waals surface area contributed by atoms with E-state index in [2.05, 4.69) is 29.4 Å². The third-order valence-electron chi connectivity index (χ3n) is 4.66. The Morgan fingerprint density at radius 1 is 1.29 bits per heavy atom. The van der Waals surface area contributed by atoms with E-state index < -0.39 is 6.04 Å². The summed E-state index contributed by atoms with van der Waals surface area (Å²) in [4.78, 5) is 28.0. The van der Waals surface area contributed by atoms with E-state index in [0.717, 1.165) is 11.4 Å². The molecule has 1 atom stereocenters. The first-order chi connectivity index (χ1) is 11.4. The zero-order chi connectivity index (χ0) is 17.3. The van der Waals surface area contributed by atoms with E-state index in [1.807, 2.05) is 29.2 Å². The lowest BCUT2D eigenvalue weighted by Gasteiger charge is -2.49. The average molecular weight is 332 g/mol. The number of para-hydroxylation sites is 2. The minimum Gasteiger partial charge on any atom is -0.495 e. The molecular weight excluding hydrogens is 308 g/mol. The van der Waals surface area contributed by atoms with E-state index in [-0.39, 0.29) is 17.5 Å². The molecule has 0 aromatic heterocycles. The zero-order valence-corrected chi connectivity index (χ0v) is 14.3. The number of amides is 3. The van der Waals surface area contributed by atoms with Gasteiger partial charge in [-0.2, -0.15) is 0 Å². The van der Waals surface area contributed by atoms with Crippen LogP contribution in [0.5, 0.6) is 5.75 Å². The van der Waals surface area contributed by atoms with Gasteiger partial charge in [0.05, 0.1) is 18.3 Å². The number of rotatable bonds is 3. The molecule has 2 aliphatic heterocycles. The number of nitrogens with one attached hydrogen (secondary N) is 2. The Morgan fingerprint density at radius 3 is 2.67 bits per heavy atom. The average Bonchev–Trinajstić information content (AvgIpc) is 2.99. The molecule has 2 aliphatic rings. The Hall–Kier alpha value is -2.44. The predicted molar refractivity (Wildman–Crippen MR) is 91.3 cm³/mol. The number of anilines is 1. The number of carbonyl (C=O) groups is 2. The zero-order valence-electron chi connectivity index (χ0n) is 14.3. The van der Waals surface area contributed by atoms with Gasteiger partial charge in [-0.05, 0) is 26.0 Å². The van der Waals surface area contributed by atoms with Gasteiger partial charge >= 0.3 is 6.03 Å². The highest BCUT2D eigenvalue weighted by Gasteiger charge is 2.39. The van der Waals surface area contributed by atoms with Gasteiger partial charge in [0.2, 0.25) is 5.91 Å². The monoisotopic (exact) mass is 332 g/mol. The fourth-order valence-corrected chi connectivity index (χ4v) is 3.47. The maximum atomic E-state index is 12.6. The van der Waals surface area contributed by atoms with Crippen LogP contribution in [-0.2, 0) is 4.79 Å². The highest BCUT2D eigenvalue weighted by atomic mass is 16.5. The van der Waals surface area contributed by atoms with E-state index in [9.17, 15) is 9.59 Å². The number of urea groups is 1. The predicted octanol–water partition coefficient (Wildman–Crippen LogP) is 0.804. The van der Waals surface area contributed by atoms with Crippen molar-refractivity contribution in [2.45, 2.75) is 25.4 Å². The first-order valence-electron chi connectivity index (χ1n) is 8.16. The maximum absolute atomic E-state index is 12.6. The van der Waals surface area contributed by atoms with Gasteiger partial charge in [-0.15, -0.1) is 0 Å². The van der Waals surface area contributed by atoms with Gasteiger partial charge in [-0.3, -0.25) is 4.79 Å². The van der Waals surface area contributed by atoms with Crippen LogP contribution in [0, 0.1) is 0 Å². The second-order valence-corrected chi connectivity index (χ2v) is 6.80. The third kappa shape index (κ3) is 2.98. The maximum Gasteiger partial charge on any atom is 0.315 e. The number of methoxy groups -OCH3 is 1. The van der Waals surface area contributed by atoms with E-state index in [4.69, 9.17) is 4.74 Å². The van der Waals surface area contributed by atoms with E-state index in [1.165, 1.54) is 0 Å². The molecule has 0 aliphatic carbocycles. The summed E-state index contributed by atoms with van der Waals surface area (Å²) in [5.74, 6) is 0.804. The molecule has 7 nitrogen and oxygen atoms in total. The van der Waals surface area contributed by atoms with Crippen molar-refractivity contribution < 1.29 is 14.3 Å². The lowest BCUT2D eigenvalue weighted by atomic mass is 9.97. The molecule has 3 amide bonds. The normalized spacial score (nSPS) is 22.8. The molecule has 7 heteroatoms. The molecule has 0 saturated carbocycles. The van der Waals surface area contributed by atoms with Gasteiger partial charge < -0.3 is 25.2 Å². The van der Waals surface area contributed by atoms with Crippen molar-refractivity contribution in [3.05, 3.63) is 24.3 Å². The van der Waals surface area contributed by atoms with Crippen LogP contribution in [-0.4, -0.2) is 61.7 Å². The van der Waals surface area contributed by atoms with Crippen LogP contribution in [0.4, 0.5) is 10.5 Å². The number of ether oxygens (including phenoxy) is 1. The molecule has 0 bridgehead atoms.